The zero-order chi connectivity index (χ0) is 22.1. The van der Waals surface area contributed by atoms with Crippen LogP contribution in [0.15, 0.2) is 36.4 Å². The van der Waals surface area contributed by atoms with E-state index in [1.165, 1.54) is 7.11 Å². The maximum Gasteiger partial charge on any atom is 0.251 e. The second-order valence-corrected chi connectivity index (χ2v) is 7.05. The van der Waals surface area contributed by atoms with E-state index in [4.69, 9.17) is 25.8 Å². The number of carbonyl (C=O) groups excluding carboxylic acids is 1. The van der Waals surface area contributed by atoms with Gasteiger partial charge >= 0.3 is 0 Å². The summed E-state index contributed by atoms with van der Waals surface area (Å²) in [5, 5.41) is 3.38. The molecule has 0 aliphatic rings. The molecule has 1 amide bonds. The quantitative estimate of drug-likeness (QED) is 0.561. The lowest BCUT2D eigenvalue weighted by Gasteiger charge is -2.30. The lowest BCUT2D eigenvalue weighted by atomic mass is 10.0. The Morgan fingerprint density at radius 3 is 2.43 bits per heavy atom. The fourth-order valence-electron chi connectivity index (χ4n) is 3.40. The second kappa shape index (κ2) is 11.7. The number of hydrogen-bond donors (Lipinski definition) is 1. The van der Waals surface area contributed by atoms with Gasteiger partial charge in [0.2, 0.25) is 0 Å². The van der Waals surface area contributed by atoms with Crippen LogP contribution >= 0.6 is 11.6 Å². The number of rotatable bonds is 11. The molecule has 7 heteroatoms. The van der Waals surface area contributed by atoms with Crippen LogP contribution in [0.1, 0.15) is 42.7 Å². The molecule has 0 spiro atoms. The van der Waals surface area contributed by atoms with Gasteiger partial charge in [0.25, 0.3) is 5.91 Å². The molecular weight excluding hydrogens is 404 g/mol. The lowest BCUT2D eigenvalue weighted by Crippen LogP contribution is -2.38. The first-order valence-electron chi connectivity index (χ1n) is 10.1. The molecule has 2 rings (SSSR count). The fraction of sp³-hybridized carbons (Fsp3) is 0.435. The van der Waals surface area contributed by atoms with Gasteiger partial charge in [-0.15, -0.1) is 0 Å². The molecule has 1 N–H and O–H groups in total. The minimum absolute atomic E-state index is 0.0131. The predicted octanol–water partition coefficient (Wildman–Crippen LogP) is 4.57. The number of halogens is 1. The molecule has 0 aliphatic heterocycles. The van der Waals surface area contributed by atoms with Crippen LogP contribution in [0.3, 0.4) is 0 Å². The highest BCUT2D eigenvalue weighted by molar-refractivity contribution is 6.32. The average Bonchev–Trinajstić information content (AvgIpc) is 2.77. The van der Waals surface area contributed by atoms with Crippen molar-refractivity contribution in [3.8, 4) is 17.2 Å². The average molecular weight is 435 g/mol. The fourth-order valence-corrected chi connectivity index (χ4v) is 3.66. The number of ether oxygens (including phenoxy) is 3. The number of carbonyl (C=O) groups is 1. The van der Waals surface area contributed by atoms with Gasteiger partial charge in [0, 0.05) is 12.1 Å². The van der Waals surface area contributed by atoms with Gasteiger partial charge in [-0.25, -0.2) is 0 Å². The molecule has 0 saturated heterocycles. The molecule has 30 heavy (non-hydrogen) atoms. The Kier molecular flexibility index (Phi) is 9.27. The van der Waals surface area contributed by atoms with Gasteiger partial charge in [-0.05, 0) is 49.8 Å². The number of methoxy groups -OCH3 is 2. The molecule has 164 valence electrons. The summed E-state index contributed by atoms with van der Waals surface area (Å²) in [5.41, 5.74) is 1.50. The zero-order valence-electron chi connectivity index (χ0n) is 18.3. The molecule has 0 fully saturated rings. The Morgan fingerprint density at radius 2 is 1.83 bits per heavy atom. The van der Waals surface area contributed by atoms with Gasteiger partial charge in [0.15, 0.2) is 11.5 Å². The van der Waals surface area contributed by atoms with Crippen molar-refractivity contribution in [2.24, 2.45) is 0 Å². The van der Waals surface area contributed by atoms with Crippen molar-refractivity contribution < 1.29 is 19.0 Å². The van der Waals surface area contributed by atoms with E-state index in [0.717, 1.165) is 24.4 Å². The van der Waals surface area contributed by atoms with E-state index in [0.29, 0.717) is 35.2 Å². The van der Waals surface area contributed by atoms with Crippen LogP contribution in [-0.2, 0) is 0 Å². The van der Waals surface area contributed by atoms with E-state index in [9.17, 15) is 4.79 Å². The molecule has 6 nitrogen and oxygen atoms in total. The third-order valence-corrected chi connectivity index (χ3v) is 5.25. The van der Waals surface area contributed by atoms with Crippen LogP contribution < -0.4 is 19.5 Å². The van der Waals surface area contributed by atoms with Crippen molar-refractivity contribution in [1.29, 1.82) is 0 Å². The summed E-state index contributed by atoms with van der Waals surface area (Å²) in [6, 6.07) is 11.2. The lowest BCUT2D eigenvalue weighted by molar-refractivity contribution is 0.0934. The van der Waals surface area contributed by atoms with Crippen LogP contribution in [0.25, 0.3) is 0 Å². The molecule has 0 unspecified atom stereocenters. The van der Waals surface area contributed by atoms with Crippen molar-refractivity contribution in [2.75, 3.05) is 40.5 Å². The Morgan fingerprint density at radius 1 is 1.10 bits per heavy atom. The molecule has 1 atom stereocenters. The molecular formula is C23H31ClN2O4. The first-order chi connectivity index (χ1) is 14.5. The van der Waals surface area contributed by atoms with Crippen LogP contribution in [-0.4, -0.2) is 51.3 Å². The highest BCUT2D eigenvalue weighted by Crippen LogP contribution is 2.36. The zero-order valence-corrected chi connectivity index (χ0v) is 19.1. The summed E-state index contributed by atoms with van der Waals surface area (Å²) in [7, 11) is 3.17. The number of benzene rings is 2. The minimum atomic E-state index is -0.224. The van der Waals surface area contributed by atoms with Gasteiger partial charge in [-0.3, -0.25) is 9.69 Å². The minimum Gasteiger partial charge on any atom is -0.497 e. The highest BCUT2D eigenvalue weighted by Gasteiger charge is 2.21. The van der Waals surface area contributed by atoms with E-state index >= 15 is 0 Å². The van der Waals surface area contributed by atoms with Crippen LogP contribution in [0.4, 0.5) is 0 Å². The number of nitrogens with one attached hydrogen (secondary N) is 1. The topological polar surface area (TPSA) is 60.0 Å². The van der Waals surface area contributed by atoms with E-state index in [1.807, 2.05) is 25.1 Å². The number of nitrogens with zero attached hydrogens (tertiary/aromatic N) is 1. The van der Waals surface area contributed by atoms with Crippen molar-refractivity contribution in [3.63, 3.8) is 0 Å². The van der Waals surface area contributed by atoms with Gasteiger partial charge in [-0.2, -0.15) is 0 Å². The number of amides is 1. The molecule has 0 radical (unpaired) electrons. The Labute approximate surface area is 184 Å². The molecule has 0 aromatic heterocycles. The van der Waals surface area contributed by atoms with Crippen molar-refractivity contribution >= 4 is 17.5 Å². The molecule has 0 saturated carbocycles. The summed E-state index contributed by atoms with van der Waals surface area (Å²) < 4.78 is 16.2. The molecule has 0 heterocycles. The largest absolute Gasteiger partial charge is 0.497 e. The summed E-state index contributed by atoms with van der Waals surface area (Å²) in [6.07, 6.45) is 0. The van der Waals surface area contributed by atoms with E-state index in [1.54, 1.807) is 19.2 Å². The van der Waals surface area contributed by atoms with Crippen molar-refractivity contribution in [3.05, 3.63) is 52.5 Å². The normalized spacial score (nSPS) is 11.8. The molecule has 2 aromatic carbocycles. The summed E-state index contributed by atoms with van der Waals surface area (Å²) >= 11 is 6.32. The van der Waals surface area contributed by atoms with Crippen LogP contribution in [0, 0.1) is 0 Å². The maximum atomic E-state index is 12.9. The monoisotopic (exact) mass is 434 g/mol. The summed E-state index contributed by atoms with van der Waals surface area (Å²) in [4.78, 5) is 15.2. The Bertz CT molecular complexity index is 840. The molecule has 2 aromatic rings. The second-order valence-electron chi connectivity index (χ2n) is 6.65. The summed E-state index contributed by atoms with van der Waals surface area (Å²) in [6.45, 7) is 8.69. The third kappa shape index (κ3) is 5.80. The van der Waals surface area contributed by atoms with Gasteiger partial charge < -0.3 is 19.5 Å². The first kappa shape index (κ1) is 23.8. The van der Waals surface area contributed by atoms with E-state index < -0.39 is 0 Å². The van der Waals surface area contributed by atoms with Gasteiger partial charge in [0.1, 0.15) is 5.75 Å². The van der Waals surface area contributed by atoms with Crippen molar-refractivity contribution in [2.45, 2.75) is 26.8 Å². The predicted molar refractivity (Wildman–Crippen MR) is 120 cm³/mol. The Hall–Kier alpha value is -2.44. The number of hydrogen-bond acceptors (Lipinski definition) is 5. The highest BCUT2D eigenvalue weighted by atomic mass is 35.5. The first-order valence-corrected chi connectivity index (χ1v) is 10.5. The molecule has 0 bridgehead atoms. The van der Waals surface area contributed by atoms with Gasteiger partial charge in [-0.1, -0.05) is 37.6 Å². The summed E-state index contributed by atoms with van der Waals surface area (Å²) in [5.74, 6) is 1.44. The van der Waals surface area contributed by atoms with Gasteiger partial charge in [0.05, 0.1) is 31.9 Å². The van der Waals surface area contributed by atoms with Crippen LogP contribution in [0.2, 0.25) is 5.02 Å². The van der Waals surface area contributed by atoms with E-state index in [2.05, 4.69) is 30.1 Å². The Balaban J connectivity index is 2.24. The smallest absolute Gasteiger partial charge is 0.251 e. The standard InChI is InChI=1S/C23H31ClN2O4/c1-6-26(7-2)20(16-10-9-11-18(12-16)28-4)15-25-23(27)17-13-19(24)22(30-8-3)21(14-17)29-5/h9-14,20H,6-8,15H2,1-5H3,(H,25,27)/t20-/m1/s1. The number of likely N-dealkylation sites (N-methyl/N-ethyl adjacent to an activating group) is 1. The van der Waals surface area contributed by atoms with Crippen LogP contribution in [0.5, 0.6) is 17.2 Å². The van der Waals surface area contributed by atoms with E-state index in [-0.39, 0.29) is 11.9 Å². The SMILES string of the molecule is CCOc1c(Cl)cc(C(=O)NC[C@H](c2cccc(OC)c2)N(CC)CC)cc1OC. The van der Waals surface area contributed by atoms with Crippen molar-refractivity contribution in [1.82, 2.24) is 10.2 Å². The third-order valence-electron chi connectivity index (χ3n) is 4.97. The maximum absolute atomic E-state index is 12.9. The molecule has 0 aliphatic carbocycles.